The molecule has 0 spiro atoms. The number of hydrogen-bond donors (Lipinski definition) is 2. The van der Waals surface area contributed by atoms with E-state index < -0.39 is 23.8 Å². The molecular weight excluding hydrogens is 316 g/mol. The minimum atomic E-state index is -0.971. The molecule has 1 rings (SSSR count). The van der Waals surface area contributed by atoms with Gasteiger partial charge in [-0.15, -0.1) is 0 Å². The van der Waals surface area contributed by atoms with Crippen LogP contribution in [0.4, 0.5) is 0 Å². The van der Waals surface area contributed by atoms with Crippen molar-refractivity contribution in [2.75, 3.05) is 0 Å². The van der Waals surface area contributed by atoms with Crippen molar-refractivity contribution in [1.82, 2.24) is 0 Å². The van der Waals surface area contributed by atoms with Crippen LogP contribution in [0.15, 0.2) is 18.2 Å². The van der Waals surface area contributed by atoms with E-state index in [0.717, 1.165) is 0 Å². The zero-order valence-corrected chi connectivity index (χ0v) is 14.8. The molecular formula is C18H25ClO4. The van der Waals surface area contributed by atoms with E-state index in [4.69, 9.17) is 11.6 Å². The summed E-state index contributed by atoms with van der Waals surface area (Å²) in [5.74, 6) is -3.13. The molecule has 2 unspecified atom stereocenters. The molecule has 1 aromatic rings. The molecule has 4 nitrogen and oxygen atoms in total. The average molecular weight is 341 g/mol. The zero-order chi connectivity index (χ0) is 17.7. The third-order valence-corrected chi connectivity index (χ3v) is 4.15. The molecule has 0 fully saturated rings. The highest BCUT2D eigenvalue weighted by Crippen LogP contribution is 2.38. The maximum Gasteiger partial charge on any atom is 0.311 e. The van der Waals surface area contributed by atoms with Crippen LogP contribution in [-0.2, 0) is 9.59 Å². The van der Waals surface area contributed by atoms with Gasteiger partial charge in [-0.1, -0.05) is 51.4 Å². The number of halogens is 1. The minimum Gasteiger partial charge on any atom is -0.481 e. The van der Waals surface area contributed by atoms with Crippen molar-refractivity contribution in [3.8, 4) is 0 Å². The highest BCUT2D eigenvalue weighted by molar-refractivity contribution is 6.31. The molecule has 0 amide bonds. The monoisotopic (exact) mass is 340 g/mol. The van der Waals surface area contributed by atoms with Gasteiger partial charge in [-0.3, -0.25) is 9.59 Å². The van der Waals surface area contributed by atoms with Gasteiger partial charge in [-0.2, -0.15) is 0 Å². The third-order valence-electron chi connectivity index (χ3n) is 3.82. The molecule has 1 aromatic carbocycles. The van der Waals surface area contributed by atoms with Crippen LogP contribution >= 0.6 is 11.6 Å². The normalized spacial score (nSPS) is 14.0. The first-order chi connectivity index (χ1) is 10.6. The van der Waals surface area contributed by atoms with Crippen LogP contribution in [0.3, 0.4) is 0 Å². The summed E-state index contributed by atoms with van der Waals surface area (Å²) in [4.78, 5) is 23.5. The van der Waals surface area contributed by atoms with E-state index in [0.29, 0.717) is 29.0 Å². The van der Waals surface area contributed by atoms with Crippen molar-refractivity contribution in [3.05, 3.63) is 34.3 Å². The van der Waals surface area contributed by atoms with Gasteiger partial charge in [0.15, 0.2) is 0 Å². The highest BCUT2D eigenvalue weighted by atomic mass is 35.5. The van der Waals surface area contributed by atoms with Crippen LogP contribution in [0.2, 0.25) is 5.02 Å². The molecule has 0 saturated carbocycles. The Labute approximate surface area is 142 Å². The maximum atomic E-state index is 11.7. The Morgan fingerprint density at radius 3 is 1.87 bits per heavy atom. The van der Waals surface area contributed by atoms with Crippen LogP contribution in [0.25, 0.3) is 0 Å². The molecule has 0 aliphatic carbocycles. The van der Waals surface area contributed by atoms with Gasteiger partial charge < -0.3 is 10.2 Å². The van der Waals surface area contributed by atoms with Crippen LogP contribution in [0.1, 0.15) is 63.5 Å². The molecule has 0 heterocycles. The van der Waals surface area contributed by atoms with Gasteiger partial charge >= 0.3 is 11.9 Å². The number of carbonyl (C=O) groups is 2. The molecule has 0 aliphatic heterocycles. The van der Waals surface area contributed by atoms with Crippen LogP contribution < -0.4 is 0 Å². The molecule has 0 radical (unpaired) electrons. The fourth-order valence-electron chi connectivity index (χ4n) is 2.87. The lowest BCUT2D eigenvalue weighted by molar-refractivity contribution is -0.140. The molecule has 0 bridgehead atoms. The van der Waals surface area contributed by atoms with Gasteiger partial charge in [0.25, 0.3) is 0 Å². The topological polar surface area (TPSA) is 74.6 Å². The van der Waals surface area contributed by atoms with E-state index in [1.165, 1.54) is 0 Å². The molecule has 2 N–H and O–H groups in total. The van der Waals surface area contributed by atoms with E-state index in [9.17, 15) is 19.8 Å². The summed E-state index contributed by atoms with van der Waals surface area (Å²) >= 11 is 6.28. The van der Waals surface area contributed by atoms with Crippen molar-refractivity contribution < 1.29 is 19.8 Å². The Morgan fingerprint density at radius 1 is 0.957 bits per heavy atom. The molecule has 0 aliphatic rings. The van der Waals surface area contributed by atoms with E-state index in [2.05, 4.69) is 0 Å². The summed E-state index contributed by atoms with van der Waals surface area (Å²) in [5.41, 5.74) is 0.968. The van der Waals surface area contributed by atoms with E-state index in [-0.39, 0.29) is 11.8 Å². The Balaban J connectivity index is 3.46. The van der Waals surface area contributed by atoms with Crippen molar-refractivity contribution in [2.24, 2.45) is 11.8 Å². The number of carboxylic acids is 2. The van der Waals surface area contributed by atoms with Crippen molar-refractivity contribution >= 4 is 23.5 Å². The first kappa shape index (κ1) is 19.5. The predicted molar refractivity (Wildman–Crippen MR) is 91.1 cm³/mol. The first-order valence-corrected chi connectivity index (χ1v) is 8.26. The summed E-state index contributed by atoms with van der Waals surface area (Å²) in [6, 6.07) is 5.01. The second-order valence-electron chi connectivity index (χ2n) is 6.78. The van der Waals surface area contributed by atoms with E-state index >= 15 is 0 Å². The molecule has 128 valence electrons. The van der Waals surface area contributed by atoms with E-state index in [1.54, 1.807) is 18.2 Å². The Bertz CT molecular complexity index is 566. The van der Waals surface area contributed by atoms with Gasteiger partial charge in [0.05, 0.1) is 11.8 Å². The number of carboxylic acid groups (broad SMARTS) is 2. The van der Waals surface area contributed by atoms with Crippen LogP contribution in [0, 0.1) is 11.8 Å². The Hall–Kier alpha value is -1.55. The number of benzene rings is 1. The van der Waals surface area contributed by atoms with Gasteiger partial charge in [-0.05, 0) is 41.9 Å². The fraction of sp³-hybridized carbons (Fsp3) is 0.556. The standard InChI is InChI=1S/C18H25ClO4/c1-10(2)8-13(17(20)21)12-6-5-7-15(19)16(12)14(18(22)23)9-11(3)4/h5-7,10-11,13-14H,8-9H2,1-4H3,(H,20,21)(H,22,23). The molecule has 5 heteroatoms. The molecule has 2 atom stereocenters. The minimum absolute atomic E-state index is 0.161. The zero-order valence-electron chi connectivity index (χ0n) is 14.0. The van der Waals surface area contributed by atoms with Crippen molar-refractivity contribution in [3.63, 3.8) is 0 Å². The number of rotatable bonds is 8. The average Bonchev–Trinajstić information content (AvgIpc) is 2.41. The van der Waals surface area contributed by atoms with Crippen LogP contribution in [0.5, 0.6) is 0 Å². The van der Waals surface area contributed by atoms with Crippen molar-refractivity contribution in [1.29, 1.82) is 0 Å². The lowest BCUT2D eigenvalue weighted by Crippen LogP contribution is -2.21. The van der Waals surface area contributed by atoms with Crippen LogP contribution in [-0.4, -0.2) is 22.2 Å². The quantitative estimate of drug-likeness (QED) is 0.714. The fourth-order valence-corrected chi connectivity index (χ4v) is 3.18. The lowest BCUT2D eigenvalue weighted by atomic mass is 9.81. The smallest absolute Gasteiger partial charge is 0.311 e. The van der Waals surface area contributed by atoms with Gasteiger partial charge in [0.2, 0.25) is 0 Å². The van der Waals surface area contributed by atoms with Crippen molar-refractivity contribution in [2.45, 2.75) is 52.4 Å². The molecule has 0 saturated heterocycles. The van der Waals surface area contributed by atoms with Gasteiger partial charge in [-0.25, -0.2) is 0 Å². The summed E-state index contributed by atoms with van der Waals surface area (Å²) in [5, 5.41) is 19.5. The van der Waals surface area contributed by atoms with Gasteiger partial charge in [0.1, 0.15) is 0 Å². The van der Waals surface area contributed by atoms with Gasteiger partial charge in [0, 0.05) is 5.02 Å². The SMILES string of the molecule is CC(C)CC(C(=O)O)c1cccc(Cl)c1C(CC(C)C)C(=O)O. The third kappa shape index (κ3) is 5.24. The predicted octanol–water partition coefficient (Wildman–Crippen LogP) is 4.77. The summed E-state index contributed by atoms with van der Waals surface area (Å²) in [7, 11) is 0. The summed E-state index contributed by atoms with van der Waals surface area (Å²) < 4.78 is 0. The summed E-state index contributed by atoms with van der Waals surface area (Å²) in [6.45, 7) is 7.77. The second-order valence-corrected chi connectivity index (χ2v) is 7.19. The highest BCUT2D eigenvalue weighted by Gasteiger charge is 2.31. The maximum absolute atomic E-state index is 11.7. The van der Waals surface area contributed by atoms with E-state index in [1.807, 2.05) is 27.7 Å². The lowest BCUT2D eigenvalue weighted by Gasteiger charge is -2.24. The Morgan fingerprint density at radius 2 is 1.43 bits per heavy atom. The largest absolute Gasteiger partial charge is 0.481 e. The first-order valence-electron chi connectivity index (χ1n) is 7.89. The second kappa shape index (κ2) is 8.34. The molecule has 0 aromatic heterocycles. The molecule has 23 heavy (non-hydrogen) atoms. The Kier molecular flexibility index (Phi) is 7.07. The number of aliphatic carboxylic acids is 2. The number of hydrogen-bond acceptors (Lipinski definition) is 2. The summed E-state index contributed by atoms with van der Waals surface area (Å²) in [6.07, 6.45) is 0.858.